The summed E-state index contributed by atoms with van der Waals surface area (Å²) in [5.41, 5.74) is 3.08. The van der Waals surface area contributed by atoms with E-state index in [2.05, 4.69) is 25.5 Å². The van der Waals surface area contributed by atoms with Gasteiger partial charge in [-0.1, -0.05) is 48.2 Å². The topological polar surface area (TPSA) is 79.6 Å². The van der Waals surface area contributed by atoms with Crippen molar-refractivity contribution in [2.45, 2.75) is 5.03 Å². The summed E-state index contributed by atoms with van der Waals surface area (Å²) in [6.45, 7) is 0. The lowest BCUT2D eigenvalue weighted by molar-refractivity contribution is -0.113. The number of anilines is 1. The van der Waals surface area contributed by atoms with E-state index in [1.54, 1.807) is 0 Å². The van der Waals surface area contributed by atoms with E-state index in [4.69, 9.17) is 0 Å². The normalized spacial score (nSPS) is 11.0. The minimum Gasteiger partial charge on any atom is -0.325 e. The molecular weight excluding hydrogens is 382 g/mol. The molecule has 4 aromatic rings. The first kappa shape index (κ1) is 18.8. The first-order valence-corrected chi connectivity index (χ1v) is 9.96. The van der Waals surface area contributed by atoms with Crippen LogP contribution in [0.3, 0.4) is 0 Å². The Balaban J connectivity index is 1.34. The highest BCUT2D eigenvalue weighted by Crippen LogP contribution is 2.24. The van der Waals surface area contributed by atoms with Crippen LogP contribution in [0.1, 0.15) is 0 Å². The van der Waals surface area contributed by atoms with Crippen LogP contribution in [0.2, 0.25) is 0 Å². The maximum atomic E-state index is 12.3. The number of carbonyl (C=O) groups excluding carboxylic acids is 1. The lowest BCUT2D eigenvalue weighted by Crippen LogP contribution is -2.14. The average molecular weight is 399 g/mol. The number of rotatable bonds is 6. The molecule has 3 aromatic carbocycles. The van der Waals surface area contributed by atoms with Gasteiger partial charge in [-0.15, -0.1) is 0 Å². The number of thioether (sulfide) groups is 1. The van der Waals surface area contributed by atoms with Crippen molar-refractivity contribution in [2.24, 2.45) is 10.2 Å². The van der Waals surface area contributed by atoms with Gasteiger partial charge in [0, 0.05) is 11.1 Å². The molecule has 0 saturated heterocycles. The van der Waals surface area contributed by atoms with E-state index in [1.165, 1.54) is 18.1 Å². The van der Waals surface area contributed by atoms with Crippen molar-refractivity contribution in [1.82, 2.24) is 9.97 Å². The molecule has 0 aliphatic heterocycles. The van der Waals surface area contributed by atoms with Gasteiger partial charge in [0.2, 0.25) is 5.91 Å². The molecule has 1 amide bonds. The minimum atomic E-state index is -0.101. The highest BCUT2D eigenvalue weighted by Gasteiger charge is 2.08. The largest absolute Gasteiger partial charge is 0.325 e. The minimum absolute atomic E-state index is 0.101. The number of nitrogens with zero attached hydrogens (tertiary/aromatic N) is 4. The van der Waals surface area contributed by atoms with Crippen molar-refractivity contribution in [1.29, 1.82) is 0 Å². The average Bonchev–Trinajstić information content (AvgIpc) is 2.78. The van der Waals surface area contributed by atoms with Gasteiger partial charge in [0.15, 0.2) is 0 Å². The van der Waals surface area contributed by atoms with Crippen LogP contribution in [0.4, 0.5) is 17.1 Å². The molecule has 142 valence electrons. The Kier molecular flexibility index (Phi) is 5.87. The van der Waals surface area contributed by atoms with Gasteiger partial charge in [0.05, 0.1) is 22.6 Å². The number of fused-ring (bicyclic) bond motifs is 1. The van der Waals surface area contributed by atoms with Crippen LogP contribution >= 0.6 is 11.8 Å². The summed E-state index contributed by atoms with van der Waals surface area (Å²) in [5.74, 6) is 0.160. The van der Waals surface area contributed by atoms with Gasteiger partial charge >= 0.3 is 0 Å². The summed E-state index contributed by atoms with van der Waals surface area (Å²) in [6.07, 6.45) is 1.52. The zero-order chi connectivity index (χ0) is 19.9. The summed E-state index contributed by atoms with van der Waals surface area (Å²) in [4.78, 5) is 20.8. The number of para-hydroxylation sites is 1. The van der Waals surface area contributed by atoms with Crippen LogP contribution in [0, 0.1) is 0 Å². The highest BCUT2D eigenvalue weighted by molar-refractivity contribution is 8.00. The molecule has 29 heavy (non-hydrogen) atoms. The molecule has 6 nitrogen and oxygen atoms in total. The third kappa shape index (κ3) is 5.03. The van der Waals surface area contributed by atoms with Crippen LogP contribution < -0.4 is 5.32 Å². The van der Waals surface area contributed by atoms with Gasteiger partial charge in [-0.05, 0) is 42.5 Å². The molecule has 7 heteroatoms. The molecule has 4 rings (SSSR count). The zero-order valence-corrected chi connectivity index (χ0v) is 16.2. The van der Waals surface area contributed by atoms with E-state index in [0.29, 0.717) is 11.4 Å². The molecule has 0 aliphatic carbocycles. The first-order chi connectivity index (χ1) is 14.3. The summed E-state index contributed by atoms with van der Waals surface area (Å²) in [7, 11) is 0. The van der Waals surface area contributed by atoms with Gasteiger partial charge in [-0.25, -0.2) is 9.97 Å². The Hall–Kier alpha value is -3.58. The Labute approximate surface area is 172 Å². The maximum absolute atomic E-state index is 12.3. The zero-order valence-electron chi connectivity index (χ0n) is 15.4. The van der Waals surface area contributed by atoms with Gasteiger partial charge < -0.3 is 5.32 Å². The summed E-state index contributed by atoms with van der Waals surface area (Å²) < 4.78 is 0. The van der Waals surface area contributed by atoms with Crippen molar-refractivity contribution >= 4 is 45.6 Å². The number of hydrogen-bond acceptors (Lipinski definition) is 6. The molecular formula is C22H17N5OS. The smallest absolute Gasteiger partial charge is 0.234 e. The standard InChI is InChI=1S/C22H17N5OS/c28-21(14-29-22-19-8-4-5-9-20(19)23-15-24-22)25-16-10-12-18(13-11-16)27-26-17-6-2-1-3-7-17/h1-13,15H,14H2,(H,25,28). The fourth-order valence-electron chi connectivity index (χ4n) is 2.65. The molecule has 0 fully saturated rings. The fourth-order valence-corrected chi connectivity index (χ4v) is 3.44. The molecule has 0 aliphatic rings. The number of aromatic nitrogens is 2. The van der Waals surface area contributed by atoms with Crippen molar-refractivity contribution in [3.63, 3.8) is 0 Å². The number of carbonyl (C=O) groups is 1. The Bertz CT molecular complexity index is 1140. The Morgan fingerprint density at radius 2 is 1.52 bits per heavy atom. The van der Waals surface area contributed by atoms with E-state index < -0.39 is 0 Å². The van der Waals surface area contributed by atoms with Crippen LogP contribution in [0.15, 0.2) is 100 Å². The number of benzene rings is 3. The number of amides is 1. The predicted molar refractivity (Wildman–Crippen MR) is 116 cm³/mol. The van der Waals surface area contributed by atoms with Crippen LogP contribution in [0.25, 0.3) is 10.9 Å². The molecule has 0 spiro atoms. The van der Waals surface area contributed by atoms with Gasteiger partial charge in [-0.3, -0.25) is 4.79 Å². The van der Waals surface area contributed by atoms with E-state index in [1.807, 2.05) is 78.9 Å². The monoisotopic (exact) mass is 399 g/mol. The van der Waals surface area contributed by atoms with Crippen molar-refractivity contribution < 1.29 is 4.79 Å². The van der Waals surface area contributed by atoms with E-state index in [9.17, 15) is 4.79 Å². The Morgan fingerprint density at radius 1 is 0.828 bits per heavy atom. The van der Waals surface area contributed by atoms with Crippen molar-refractivity contribution in [2.75, 3.05) is 11.1 Å². The SMILES string of the molecule is O=C(CSc1ncnc2ccccc12)Nc1ccc(N=Nc2ccccc2)cc1. The molecule has 0 atom stereocenters. The summed E-state index contributed by atoms with van der Waals surface area (Å²) >= 11 is 1.39. The molecule has 1 aromatic heterocycles. The van der Waals surface area contributed by atoms with E-state index in [0.717, 1.165) is 21.6 Å². The highest BCUT2D eigenvalue weighted by atomic mass is 32.2. The lowest BCUT2D eigenvalue weighted by atomic mass is 10.2. The van der Waals surface area contributed by atoms with Gasteiger partial charge in [0.1, 0.15) is 11.4 Å². The Morgan fingerprint density at radius 3 is 2.31 bits per heavy atom. The predicted octanol–water partition coefficient (Wildman–Crippen LogP) is 5.78. The number of nitrogens with one attached hydrogen (secondary N) is 1. The molecule has 0 bridgehead atoms. The first-order valence-electron chi connectivity index (χ1n) is 8.97. The second kappa shape index (κ2) is 9.07. The number of azo groups is 1. The fraction of sp³-hybridized carbons (Fsp3) is 0.0455. The summed E-state index contributed by atoms with van der Waals surface area (Å²) in [5, 5.41) is 13.0. The molecule has 0 unspecified atom stereocenters. The van der Waals surface area contributed by atoms with Gasteiger partial charge in [-0.2, -0.15) is 10.2 Å². The van der Waals surface area contributed by atoms with E-state index >= 15 is 0 Å². The maximum Gasteiger partial charge on any atom is 0.234 e. The number of hydrogen-bond donors (Lipinski definition) is 1. The molecule has 1 N–H and O–H groups in total. The van der Waals surface area contributed by atoms with E-state index in [-0.39, 0.29) is 11.7 Å². The quantitative estimate of drug-likeness (QED) is 0.253. The van der Waals surface area contributed by atoms with Crippen LogP contribution in [-0.2, 0) is 4.79 Å². The second-order valence-electron chi connectivity index (χ2n) is 6.12. The van der Waals surface area contributed by atoms with Crippen LogP contribution in [0.5, 0.6) is 0 Å². The van der Waals surface area contributed by atoms with Crippen molar-refractivity contribution in [3.8, 4) is 0 Å². The lowest BCUT2D eigenvalue weighted by Gasteiger charge is -2.06. The second-order valence-corrected chi connectivity index (χ2v) is 7.08. The molecule has 0 saturated carbocycles. The van der Waals surface area contributed by atoms with Crippen LogP contribution in [-0.4, -0.2) is 21.6 Å². The third-order valence-electron chi connectivity index (χ3n) is 4.03. The van der Waals surface area contributed by atoms with Crippen molar-refractivity contribution in [3.05, 3.63) is 85.2 Å². The molecule has 0 radical (unpaired) electrons. The third-order valence-corrected chi connectivity index (χ3v) is 5.04. The molecule has 1 heterocycles. The van der Waals surface area contributed by atoms with Gasteiger partial charge in [0.25, 0.3) is 0 Å². The summed E-state index contributed by atoms with van der Waals surface area (Å²) in [6, 6.07) is 24.5.